The van der Waals surface area contributed by atoms with Crippen molar-refractivity contribution in [2.45, 2.75) is 33.2 Å². The van der Waals surface area contributed by atoms with Gasteiger partial charge in [0.2, 0.25) is 11.9 Å². The third kappa shape index (κ3) is 4.85. The van der Waals surface area contributed by atoms with Crippen molar-refractivity contribution in [1.29, 1.82) is 0 Å². The van der Waals surface area contributed by atoms with Gasteiger partial charge in [0, 0.05) is 37.6 Å². The summed E-state index contributed by atoms with van der Waals surface area (Å²) in [5.41, 5.74) is 1.66. The van der Waals surface area contributed by atoms with Crippen LogP contribution in [0.5, 0.6) is 0 Å². The number of nitrogens with zero attached hydrogens (tertiary/aromatic N) is 4. The van der Waals surface area contributed by atoms with E-state index in [0.29, 0.717) is 35.2 Å². The van der Waals surface area contributed by atoms with Gasteiger partial charge in [-0.05, 0) is 43.9 Å². The van der Waals surface area contributed by atoms with Crippen LogP contribution < -0.4 is 10.6 Å². The first-order valence-corrected chi connectivity index (χ1v) is 11.3. The third-order valence-corrected chi connectivity index (χ3v) is 6.57. The standard InChI is InChI=1S/C22H25FN6O2S/c1-12-6-18-20(32-12)19(21(31)25-5-4-15-10-29(11-15)14(3)30)28-22(27-18)26-13(2)16-7-17(23)9-24-8-16/h6-9,13,15H,4-5,10-11H2,1-3H3,(H,25,31)(H,26,27,28). The summed E-state index contributed by atoms with van der Waals surface area (Å²) in [6.45, 7) is 7.38. The van der Waals surface area contributed by atoms with Crippen LogP contribution in [-0.4, -0.2) is 51.3 Å². The third-order valence-electron chi connectivity index (χ3n) is 5.52. The maximum absolute atomic E-state index is 13.5. The van der Waals surface area contributed by atoms with Crippen molar-refractivity contribution >= 4 is 39.3 Å². The number of thiophene rings is 1. The number of amides is 2. The lowest BCUT2D eigenvalue weighted by molar-refractivity contribution is -0.135. The van der Waals surface area contributed by atoms with Crippen LogP contribution in [0.25, 0.3) is 10.2 Å². The summed E-state index contributed by atoms with van der Waals surface area (Å²) in [5.74, 6) is 0.119. The zero-order valence-electron chi connectivity index (χ0n) is 18.2. The van der Waals surface area contributed by atoms with E-state index >= 15 is 0 Å². The molecule has 0 aliphatic carbocycles. The van der Waals surface area contributed by atoms with Gasteiger partial charge in [0.1, 0.15) is 5.82 Å². The number of pyridine rings is 1. The highest BCUT2D eigenvalue weighted by Crippen LogP contribution is 2.28. The molecule has 4 heterocycles. The van der Waals surface area contributed by atoms with Crippen molar-refractivity contribution in [1.82, 2.24) is 25.2 Å². The molecule has 10 heteroatoms. The number of fused-ring (bicyclic) bond motifs is 1. The number of aromatic nitrogens is 3. The number of hydrogen-bond donors (Lipinski definition) is 2. The molecule has 0 saturated carbocycles. The van der Waals surface area contributed by atoms with E-state index in [1.54, 1.807) is 18.0 Å². The normalized spacial score (nSPS) is 14.8. The van der Waals surface area contributed by atoms with Crippen LogP contribution in [0.15, 0.2) is 24.5 Å². The molecule has 1 saturated heterocycles. The summed E-state index contributed by atoms with van der Waals surface area (Å²) >= 11 is 1.47. The molecule has 2 N–H and O–H groups in total. The van der Waals surface area contributed by atoms with Gasteiger partial charge in [0.05, 0.1) is 22.5 Å². The van der Waals surface area contributed by atoms with Crippen molar-refractivity contribution in [3.63, 3.8) is 0 Å². The number of carbonyl (C=O) groups is 2. The van der Waals surface area contributed by atoms with E-state index in [2.05, 4.69) is 25.6 Å². The fourth-order valence-corrected chi connectivity index (χ4v) is 4.63. The number of anilines is 1. The van der Waals surface area contributed by atoms with Crippen LogP contribution in [0, 0.1) is 18.7 Å². The Balaban J connectivity index is 1.46. The molecule has 1 atom stereocenters. The van der Waals surface area contributed by atoms with Crippen LogP contribution in [0.3, 0.4) is 0 Å². The molecule has 2 amide bonds. The lowest BCUT2D eigenvalue weighted by atomic mass is 9.96. The Morgan fingerprint density at radius 1 is 1.28 bits per heavy atom. The van der Waals surface area contributed by atoms with Crippen LogP contribution in [-0.2, 0) is 4.79 Å². The molecule has 4 rings (SSSR count). The SMILES string of the molecule is CC(=O)N1CC(CCNC(=O)c2nc(NC(C)c3cncc(F)c3)nc3cc(C)sc23)C1. The Bertz CT molecular complexity index is 1160. The average molecular weight is 457 g/mol. The molecule has 0 aromatic carbocycles. The maximum Gasteiger partial charge on any atom is 0.271 e. The molecule has 168 valence electrons. The predicted molar refractivity (Wildman–Crippen MR) is 121 cm³/mol. The van der Waals surface area contributed by atoms with E-state index in [1.807, 2.05) is 19.9 Å². The summed E-state index contributed by atoms with van der Waals surface area (Å²) in [6.07, 6.45) is 3.54. The largest absolute Gasteiger partial charge is 0.351 e. The van der Waals surface area contributed by atoms with E-state index in [9.17, 15) is 14.0 Å². The Labute approximate surface area is 189 Å². The summed E-state index contributed by atoms with van der Waals surface area (Å²) in [4.78, 5) is 40.0. The van der Waals surface area contributed by atoms with Gasteiger partial charge in [-0.2, -0.15) is 0 Å². The summed E-state index contributed by atoms with van der Waals surface area (Å²) in [7, 11) is 0. The topological polar surface area (TPSA) is 100 Å². The Morgan fingerprint density at radius 2 is 2.06 bits per heavy atom. The van der Waals surface area contributed by atoms with Crippen molar-refractivity contribution in [3.05, 3.63) is 46.5 Å². The predicted octanol–water partition coefficient (Wildman–Crippen LogP) is 3.31. The van der Waals surface area contributed by atoms with Gasteiger partial charge < -0.3 is 15.5 Å². The van der Waals surface area contributed by atoms with E-state index < -0.39 is 5.82 Å². The van der Waals surface area contributed by atoms with Crippen LogP contribution in [0.1, 0.15) is 47.2 Å². The highest BCUT2D eigenvalue weighted by molar-refractivity contribution is 7.19. The van der Waals surface area contributed by atoms with Gasteiger partial charge in [0.15, 0.2) is 5.69 Å². The molecule has 0 spiro atoms. The molecule has 3 aromatic rings. The molecule has 3 aromatic heterocycles. The lowest BCUT2D eigenvalue weighted by Gasteiger charge is -2.38. The molecule has 1 unspecified atom stereocenters. The Morgan fingerprint density at radius 3 is 2.78 bits per heavy atom. The first-order chi connectivity index (χ1) is 15.3. The number of likely N-dealkylation sites (tertiary alicyclic amines) is 1. The summed E-state index contributed by atoms with van der Waals surface area (Å²) in [6, 6.07) is 3.02. The molecule has 8 nitrogen and oxygen atoms in total. The smallest absolute Gasteiger partial charge is 0.271 e. The maximum atomic E-state index is 13.5. The summed E-state index contributed by atoms with van der Waals surface area (Å²) < 4.78 is 14.3. The first kappa shape index (κ1) is 22.1. The van der Waals surface area contributed by atoms with Crippen molar-refractivity contribution in [2.24, 2.45) is 5.92 Å². The van der Waals surface area contributed by atoms with Crippen molar-refractivity contribution in [3.8, 4) is 0 Å². The van der Waals surface area contributed by atoms with E-state index in [1.165, 1.54) is 17.4 Å². The molecule has 0 bridgehead atoms. The highest BCUT2D eigenvalue weighted by Gasteiger charge is 2.28. The van der Waals surface area contributed by atoms with Crippen LogP contribution in [0.2, 0.25) is 0 Å². The minimum atomic E-state index is -0.418. The number of hydrogen-bond acceptors (Lipinski definition) is 7. The van der Waals surface area contributed by atoms with Gasteiger partial charge in [-0.15, -0.1) is 11.3 Å². The number of halogens is 1. The molecule has 0 radical (unpaired) electrons. The molecule has 1 aliphatic rings. The van der Waals surface area contributed by atoms with Crippen LogP contribution in [0.4, 0.5) is 10.3 Å². The molecular formula is C22H25FN6O2S. The van der Waals surface area contributed by atoms with Crippen molar-refractivity contribution in [2.75, 3.05) is 25.0 Å². The van der Waals surface area contributed by atoms with Gasteiger partial charge in [0.25, 0.3) is 5.91 Å². The number of rotatable bonds is 7. The number of aryl methyl sites for hydroxylation is 1. The lowest BCUT2D eigenvalue weighted by Crippen LogP contribution is -2.49. The second-order valence-corrected chi connectivity index (χ2v) is 9.36. The number of carbonyl (C=O) groups excluding carboxylic acids is 2. The molecule has 32 heavy (non-hydrogen) atoms. The van der Waals surface area contributed by atoms with Gasteiger partial charge in [-0.25, -0.2) is 14.4 Å². The minimum absolute atomic E-state index is 0.0880. The Kier molecular flexibility index (Phi) is 6.31. The second-order valence-electron chi connectivity index (χ2n) is 8.10. The molecular weight excluding hydrogens is 431 g/mol. The fraction of sp³-hybridized carbons (Fsp3) is 0.409. The molecule has 1 aliphatic heterocycles. The van der Waals surface area contributed by atoms with Crippen LogP contribution >= 0.6 is 11.3 Å². The second kappa shape index (κ2) is 9.15. The summed E-state index contributed by atoms with van der Waals surface area (Å²) in [5, 5.41) is 6.10. The Hall–Kier alpha value is -3.14. The zero-order valence-corrected chi connectivity index (χ0v) is 19.0. The number of nitrogens with one attached hydrogen (secondary N) is 2. The average Bonchev–Trinajstić information content (AvgIpc) is 3.08. The highest BCUT2D eigenvalue weighted by atomic mass is 32.1. The van der Waals surface area contributed by atoms with Crippen molar-refractivity contribution < 1.29 is 14.0 Å². The van der Waals surface area contributed by atoms with Gasteiger partial charge in [-0.3, -0.25) is 14.6 Å². The minimum Gasteiger partial charge on any atom is -0.351 e. The van der Waals surface area contributed by atoms with Gasteiger partial charge >= 0.3 is 0 Å². The van der Waals surface area contributed by atoms with Gasteiger partial charge in [-0.1, -0.05) is 0 Å². The van der Waals surface area contributed by atoms with E-state index in [-0.39, 0.29) is 17.9 Å². The first-order valence-electron chi connectivity index (χ1n) is 10.5. The van der Waals surface area contributed by atoms with E-state index in [4.69, 9.17) is 0 Å². The monoisotopic (exact) mass is 456 g/mol. The quantitative estimate of drug-likeness (QED) is 0.566. The zero-order chi connectivity index (χ0) is 22.8. The fourth-order valence-electron chi connectivity index (χ4n) is 3.69. The van der Waals surface area contributed by atoms with E-state index in [0.717, 1.165) is 35.3 Å². The molecule has 1 fully saturated rings.